The Morgan fingerprint density at radius 2 is 1.39 bits per heavy atom. The van der Waals surface area contributed by atoms with Crippen molar-refractivity contribution in [2.75, 3.05) is 17.7 Å². The van der Waals surface area contributed by atoms with Gasteiger partial charge in [-0.25, -0.2) is 0 Å². The van der Waals surface area contributed by atoms with Crippen LogP contribution in [0.3, 0.4) is 0 Å². The van der Waals surface area contributed by atoms with Gasteiger partial charge in [0, 0.05) is 11.4 Å². The van der Waals surface area contributed by atoms with Crippen molar-refractivity contribution < 1.29 is 14.3 Å². The van der Waals surface area contributed by atoms with Gasteiger partial charge in [0.2, 0.25) is 0 Å². The quantitative estimate of drug-likeness (QED) is 0.855. The highest BCUT2D eigenvalue weighted by Gasteiger charge is 2.16. The van der Waals surface area contributed by atoms with Gasteiger partial charge in [-0.15, -0.1) is 0 Å². The highest BCUT2D eigenvalue weighted by atomic mass is 16.5. The van der Waals surface area contributed by atoms with Gasteiger partial charge in [-0.3, -0.25) is 9.59 Å². The molecule has 0 fully saturated rings. The van der Waals surface area contributed by atoms with Crippen LogP contribution in [0, 0.1) is 20.8 Å². The fourth-order valence-electron chi connectivity index (χ4n) is 2.41. The van der Waals surface area contributed by atoms with Crippen molar-refractivity contribution in [3.8, 4) is 5.75 Å². The molecular formula is C18H20N2O3. The van der Waals surface area contributed by atoms with Crippen molar-refractivity contribution in [3.05, 3.63) is 53.1 Å². The van der Waals surface area contributed by atoms with Crippen molar-refractivity contribution >= 4 is 23.2 Å². The summed E-state index contributed by atoms with van der Waals surface area (Å²) in [7, 11) is 1.56. The lowest BCUT2D eigenvalue weighted by Gasteiger charge is -2.13. The first kappa shape index (κ1) is 16.5. The van der Waals surface area contributed by atoms with Crippen molar-refractivity contribution in [1.29, 1.82) is 0 Å². The summed E-state index contributed by atoms with van der Waals surface area (Å²) >= 11 is 0. The molecule has 0 unspecified atom stereocenters. The zero-order valence-electron chi connectivity index (χ0n) is 13.7. The monoisotopic (exact) mass is 312 g/mol. The summed E-state index contributed by atoms with van der Waals surface area (Å²) in [5, 5.41) is 5.23. The van der Waals surface area contributed by atoms with E-state index in [1.807, 2.05) is 32.9 Å². The number of aryl methyl sites for hydroxylation is 3. The van der Waals surface area contributed by atoms with Gasteiger partial charge in [-0.05, 0) is 56.2 Å². The predicted octanol–water partition coefficient (Wildman–Crippen LogP) is 3.20. The number of anilines is 2. The molecule has 23 heavy (non-hydrogen) atoms. The maximum Gasteiger partial charge on any atom is 0.314 e. The molecule has 2 amide bonds. The lowest BCUT2D eigenvalue weighted by atomic mass is 10.1. The number of nitrogens with one attached hydrogen (secondary N) is 2. The first-order chi connectivity index (χ1) is 10.9. The SMILES string of the molecule is COc1ccc(NC(=O)C(=O)Nc2c(C)cc(C)cc2C)cc1. The molecule has 2 aromatic rings. The summed E-state index contributed by atoms with van der Waals surface area (Å²) < 4.78 is 5.04. The zero-order valence-corrected chi connectivity index (χ0v) is 13.7. The summed E-state index contributed by atoms with van der Waals surface area (Å²) in [4.78, 5) is 24.1. The van der Waals surface area contributed by atoms with E-state index in [0.29, 0.717) is 17.1 Å². The van der Waals surface area contributed by atoms with Crippen molar-refractivity contribution in [2.45, 2.75) is 20.8 Å². The Morgan fingerprint density at radius 1 is 0.870 bits per heavy atom. The van der Waals surface area contributed by atoms with E-state index >= 15 is 0 Å². The Morgan fingerprint density at radius 3 is 1.91 bits per heavy atom. The van der Waals surface area contributed by atoms with Crippen LogP contribution >= 0.6 is 0 Å². The van der Waals surface area contributed by atoms with E-state index in [9.17, 15) is 9.59 Å². The third-order valence-corrected chi connectivity index (χ3v) is 3.47. The maximum absolute atomic E-state index is 12.1. The van der Waals surface area contributed by atoms with E-state index in [2.05, 4.69) is 10.6 Å². The molecule has 2 aromatic carbocycles. The van der Waals surface area contributed by atoms with Crippen LogP contribution in [0.4, 0.5) is 11.4 Å². The second-order valence-corrected chi connectivity index (χ2v) is 5.41. The molecule has 0 aliphatic carbocycles. The molecule has 2 rings (SSSR count). The predicted molar refractivity (Wildman–Crippen MR) is 90.9 cm³/mol. The van der Waals surface area contributed by atoms with E-state index in [4.69, 9.17) is 4.74 Å². The molecule has 2 N–H and O–H groups in total. The number of rotatable bonds is 3. The number of carbonyl (C=O) groups excluding carboxylic acids is 2. The van der Waals surface area contributed by atoms with Crippen LogP contribution in [0.25, 0.3) is 0 Å². The van der Waals surface area contributed by atoms with Gasteiger partial charge in [0.05, 0.1) is 7.11 Å². The van der Waals surface area contributed by atoms with E-state index in [-0.39, 0.29) is 0 Å². The van der Waals surface area contributed by atoms with Crippen LogP contribution in [-0.2, 0) is 9.59 Å². The zero-order chi connectivity index (χ0) is 17.0. The number of amides is 2. The first-order valence-corrected chi connectivity index (χ1v) is 7.25. The van der Waals surface area contributed by atoms with Gasteiger partial charge >= 0.3 is 11.8 Å². The van der Waals surface area contributed by atoms with Gasteiger partial charge in [-0.2, -0.15) is 0 Å². The molecule has 0 radical (unpaired) electrons. The molecule has 0 saturated carbocycles. The van der Waals surface area contributed by atoms with E-state index < -0.39 is 11.8 Å². The Kier molecular flexibility index (Phi) is 5.01. The minimum atomic E-state index is -0.713. The summed E-state index contributed by atoms with van der Waals surface area (Å²) in [5.41, 5.74) is 4.16. The average Bonchev–Trinajstić information content (AvgIpc) is 2.51. The fraction of sp³-hybridized carbons (Fsp3) is 0.222. The Labute approximate surface area is 135 Å². The molecule has 0 heterocycles. The lowest BCUT2D eigenvalue weighted by molar-refractivity contribution is -0.133. The third kappa shape index (κ3) is 4.10. The molecule has 0 aliphatic heterocycles. The number of carbonyl (C=O) groups is 2. The molecule has 0 aliphatic rings. The molecule has 5 nitrogen and oxygen atoms in total. The van der Waals surface area contributed by atoms with Crippen molar-refractivity contribution in [1.82, 2.24) is 0 Å². The second-order valence-electron chi connectivity index (χ2n) is 5.41. The van der Waals surface area contributed by atoms with Gasteiger partial charge < -0.3 is 15.4 Å². The van der Waals surface area contributed by atoms with Gasteiger partial charge in [-0.1, -0.05) is 17.7 Å². The molecule has 0 bridgehead atoms. The molecular weight excluding hydrogens is 292 g/mol. The minimum Gasteiger partial charge on any atom is -0.497 e. The number of hydrogen-bond acceptors (Lipinski definition) is 3. The van der Waals surface area contributed by atoms with Crippen LogP contribution in [0.2, 0.25) is 0 Å². The van der Waals surface area contributed by atoms with Gasteiger partial charge in [0.25, 0.3) is 0 Å². The summed E-state index contributed by atoms with van der Waals surface area (Å²) in [5.74, 6) is -0.733. The van der Waals surface area contributed by atoms with Crippen LogP contribution in [-0.4, -0.2) is 18.9 Å². The van der Waals surface area contributed by atoms with Gasteiger partial charge in [0.15, 0.2) is 0 Å². The van der Waals surface area contributed by atoms with Crippen LogP contribution in [0.15, 0.2) is 36.4 Å². The van der Waals surface area contributed by atoms with Gasteiger partial charge in [0.1, 0.15) is 5.75 Å². The molecule has 5 heteroatoms. The fourth-order valence-corrected chi connectivity index (χ4v) is 2.41. The summed E-state index contributed by atoms with van der Waals surface area (Å²) in [6.45, 7) is 5.79. The van der Waals surface area contributed by atoms with E-state index in [1.165, 1.54) is 0 Å². The van der Waals surface area contributed by atoms with Crippen LogP contribution in [0.5, 0.6) is 5.75 Å². The lowest BCUT2D eigenvalue weighted by Crippen LogP contribution is -2.29. The number of benzene rings is 2. The summed E-state index contributed by atoms with van der Waals surface area (Å²) in [6, 6.07) is 10.7. The normalized spacial score (nSPS) is 10.1. The minimum absolute atomic E-state index is 0.531. The highest BCUT2D eigenvalue weighted by molar-refractivity contribution is 6.43. The molecule has 0 saturated heterocycles. The molecule has 120 valence electrons. The van der Waals surface area contributed by atoms with Crippen molar-refractivity contribution in [2.24, 2.45) is 0 Å². The van der Waals surface area contributed by atoms with Crippen LogP contribution in [0.1, 0.15) is 16.7 Å². The second kappa shape index (κ2) is 6.96. The Bertz CT molecular complexity index is 713. The number of methoxy groups -OCH3 is 1. The first-order valence-electron chi connectivity index (χ1n) is 7.25. The van der Waals surface area contributed by atoms with E-state index in [1.54, 1.807) is 31.4 Å². The van der Waals surface area contributed by atoms with Crippen LogP contribution < -0.4 is 15.4 Å². The molecule has 0 atom stereocenters. The molecule has 0 spiro atoms. The average molecular weight is 312 g/mol. The van der Waals surface area contributed by atoms with Crippen molar-refractivity contribution in [3.63, 3.8) is 0 Å². The largest absolute Gasteiger partial charge is 0.497 e. The molecule has 0 aromatic heterocycles. The number of ether oxygens (including phenoxy) is 1. The highest BCUT2D eigenvalue weighted by Crippen LogP contribution is 2.22. The van der Waals surface area contributed by atoms with E-state index in [0.717, 1.165) is 16.7 Å². The summed E-state index contributed by atoms with van der Waals surface area (Å²) in [6.07, 6.45) is 0. The maximum atomic E-state index is 12.1. The topological polar surface area (TPSA) is 67.4 Å². The Balaban J connectivity index is 2.07. The smallest absolute Gasteiger partial charge is 0.314 e. The Hall–Kier alpha value is -2.82. The standard InChI is InChI=1S/C18H20N2O3/c1-11-9-12(2)16(13(3)10-11)20-18(22)17(21)19-14-5-7-15(23-4)8-6-14/h5-10H,1-4H3,(H,19,21)(H,20,22). The third-order valence-electron chi connectivity index (χ3n) is 3.47. The number of hydrogen-bond donors (Lipinski definition) is 2.